The van der Waals surface area contributed by atoms with E-state index in [2.05, 4.69) is 15.0 Å². The highest BCUT2D eigenvalue weighted by Crippen LogP contribution is 2.32. The molecule has 0 radical (unpaired) electrons. The van der Waals surface area contributed by atoms with Crippen LogP contribution in [0.5, 0.6) is 0 Å². The summed E-state index contributed by atoms with van der Waals surface area (Å²) in [6.07, 6.45) is -4.60. The summed E-state index contributed by atoms with van der Waals surface area (Å²) >= 11 is 0. The van der Waals surface area contributed by atoms with Crippen LogP contribution in [0, 0.1) is 0 Å². The molecule has 0 aliphatic heterocycles. The molecule has 0 bridgehead atoms. The van der Waals surface area contributed by atoms with Crippen LogP contribution in [-0.2, 0) is 17.5 Å². The van der Waals surface area contributed by atoms with Crippen molar-refractivity contribution in [3.63, 3.8) is 0 Å². The first-order chi connectivity index (χ1) is 9.12. The monoisotopic (exact) mass is 295 g/mol. The van der Waals surface area contributed by atoms with E-state index in [0.29, 0.717) is 4.68 Å². The van der Waals surface area contributed by atoms with Crippen molar-refractivity contribution in [3.8, 4) is 0 Å². The van der Waals surface area contributed by atoms with Gasteiger partial charge in [0.05, 0.1) is 18.8 Å². The molecule has 1 N–H and O–H groups in total. The summed E-state index contributed by atoms with van der Waals surface area (Å²) in [4.78, 5) is 11.5. The van der Waals surface area contributed by atoms with Gasteiger partial charge in [0, 0.05) is 0 Å². The van der Waals surface area contributed by atoms with Gasteiger partial charge >= 0.3 is 12.1 Å². The van der Waals surface area contributed by atoms with Crippen molar-refractivity contribution in [1.29, 1.82) is 0 Å². The molecule has 6 nitrogen and oxygen atoms in total. The Hall–Kier alpha value is -1.64. The molecule has 1 atom stereocenters. The minimum absolute atomic E-state index is 0.0737. The quantitative estimate of drug-likeness (QED) is 0.835. The number of carbonyl (C=O) groups is 1. The molecular formula is C11H16F3N3O3. The molecule has 1 rings (SSSR count). The predicted octanol–water partition coefficient (Wildman–Crippen LogP) is 1.63. The Morgan fingerprint density at radius 1 is 1.40 bits per heavy atom. The number of halogens is 3. The fourth-order valence-electron chi connectivity index (χ4n) is 1.48. The number of hydrogen-bond acceptors (Lipinski definition) is 5. The maximum absolute atomic E-state index is 13.0. The van der Waals surface area contributed by atoms with Crippen LogP contribution in [0.1, 0.15) is 43.4 Å². The van der Waals surface area contributed by atoms with E-state index in [1.807, 2.05) is 0 Å². The third-order valence-electron chi connectivity index (χ3n) is 2.72. The van der Waals surface area contributed by atoms with E-state index < -0.39 is 35.7 Å². The lowest BCUT2D eigenvalue weighted by Gasteiger charge is -2.22. The number of hydrogen-bond donors (Lipinski definition) is 1. The van der Waals surface area contributed by atoms with Gasteiger partial charge in [0.2, 0.25) is 5.69 Å². The number of nitrogens with zero attached hydrogens (tertiary/aromatic N) is 3. The van der Waals surface area contributed by atoms with Crippen LogP contribution in [0.25, 0.3) is 0 Å². The zero-order valence-corrected chi connectivity index (χ0v) is 11.4. The number of esters is 1. The van der Waals surface area contributed by atoms with Crippen LogP contribution in [0.15, 0.2) is 0 Å². The molecule has 0 aliphatic rings. The molecule has 0 aromatic carbocycles. The molecular weight excluding hydrogens is 279 g/mol. The highest BCUT2D eigenvalue weighted by Gasteiger charge is 2.43. The van der Waals surface area contributed by atoms with Gasteiger partial charge in [-0.2, -0.15) is 13.2 Å². The van der Waals surface area contributed by atoms with Crippen LogP contribution in [-0.4, -0.2) is 38.3 Å². The van der Waals surface area contributed by atoms with E-state index in [-0.39, 0.29) is 13.0 Å². The summed E-state index contributed by atoms with van der Waals surface area (Å²) in [6, 6.07) is 0. The lowest BCUT2D eigenvalue weighted by molar-refractivity contribution is -0.146. The van der Waals surface area contributed by atoms with E-state index in [0.717, 1.165) is 0 Å². The second-order valence-electron chi connectivity index (χ2n) is 4.51. The van der Waals surface area contributed by atoms with Gasteiger partial charge in [-0.1, -0.05) is 12.1 Å². The molecule has 114 valence electrons. The Balaban J connectivity index is 3.24. The van der Waals surface area contributed by atoms with E-state index in [1.165, 1.54) is 13.8 Å². The Morgan fingerprint density at radius 3 is 2.45 bits per heavy atom. The lowest BCUT2D eigenvalue weighted by Crippen LogP contribution is -2.32. The standard InChI is InChI=1S/C11H16F3N3O3/c1-4-10(3,19)6-17-8(11(12,13)14)7(15-16-17)9(18)20-5-2/h19H,4-6H2,1-3H3. The fraction of sp³-hybridized carbons (Fsp3) is 0.727. The Morgan fingerprint density at radius 2 is 2.00 bits per heavy atom. The molecule has 0 amide bonds. The smallest absolute Gasteiger partial charge is 0.435 e. The number of ether oxygens (including phenoxy) is 1. The minimum Gasteiger partial charge on any atom is -0.461 e. The van der Waals surface area contributed by atoms with Crippen LogP contribution >= 0.6 is 0 Å². The first kappa shape index (κ1) is 16.4. The van der Waals surface area contributed by atoms with Crippen molar-refractivity contribution in [2.75, 3.05) is 6.61 Å². The van der Waals surface area contributed by atoms with Gasteiger partial charge < -0.3 is 9.84 Å². The maximum Gasteiger partial charge on any atom is 0.435 e. The van der Waals surface area contributed by atoms with Gasteiger partial charge in [0.1, 0.15) is 0 Å². The van der Waals surface area contributed by atoms with Crippen LogP contribution in [0.4, 0.5) is 13.2 Å². The molecule has 0 saturated heterocycles. The number of aromatic nitrogens is 3. The second kappa shape index (κ2) is 5.78. The summed E-state index contributed by atoms with van der Waals surface area (Å²) in [5, 5.41) is 16.4. The predicted molar refractivity (Wildman–Crippen MR) is 61.9 cm³/mol. The zero-order valence-electron chi connectivity index (χ0n) is 11.4. The van der Waals surface area contributed by atoms with Gasteiger partial charge in [-0.05, 0) is 20.3 Å². The first-order valence-electron chi connectivity index (χ1n) is 6.02. The average Bonchev–Trinajstić information content (AvgIpc) is 2.72. The van der Waals surface area contributed by atoms with Crippen molar-refractivity contribution in [1.82, 2.24) is 15.0 Å². The van der Waals surface area contributed by atoms with Crippen molar-refractivity contribution in [2.45, 2.75) is 45.5 Å². The summed E-state index contributed by atoms with van der Waals surface area (Å²) < 4.78 is 44.1. The highest BCUT2D eigenvalue weighted by molar-refractivity contribution is 5.88. The van der Waals surface area contributed by atoms with Gasteiger partial charge in [-0.25, -0.2) is 9.48 Å². The lowest BCUT2D eigenvalue weighted by atomic mass is 10.0. The zero-order chi connectivity index (χ0) is 15.6. The molecule has 1 heterocycles. The van der Waals surface area contributed by atoms with Crippen molar-refractivity contribution in [2.24, 2.45) is 0 Å². The molecule has 0 saturated carbocycles. The molecule has 9 heteroatoms. The van der Waals surface area contributed by atoms with Crippen LogP contribution in [0.2, 0.25) is 0 Å². The molecule has 0 aliphatic carbocycles. The summed E-state index contributed by atoms with van der Waals surface area (Å²) in [7, 11) is 0. The van der Waals surface area contributed by atoms with Gasteiger partial charge in [-0.15, -0.1) is 5.10 Å². The summed E-state index contributed by atoms with van der Waals surface area (Å²) in [5.74, 6) is -1.19. The van der Waals surface area contributed by atoms with Crippen molar-refractivity contribution < 1.29 is 27.8 Å². The first-order valence-corrected chi connectivity index (χ1v) is 6.02. The van der Waals surface area contributed by atoms with E-state index in [4.69, 9.17) is 0 Å². The SMILES string of the molecule is CCOC(=O)c1nnn(CC(C)(O)CC)c1C(F)(F)F. The van der Waals surface area contributed by atoms with E-state index in [1.54, 1.807) is 6.92 Å². The molecule has 0 fully saturated rings. The van der Waals surface area contributed by atoms with E-state index >= 15 is 0 Å². The normalized spacial score (nSPS) is 14.9. The Bertz CT molecular complexity index is 483. The van der Waals surface area contributed by atoms with Crippen molar-refractivity contribution >= 4 is 5.97 Å². The largest absolute Gasteiger partial charge is 0.461 e. The fourth-order valence-corrected chi connectivity index (χ4v) is 1.48. The second-order valence-corrected chi connectivity index (χ2v) is 4.51. The van der Waals surface area contributed by atoms with E-state index in [9.17, 15) is 23.1 Å². The Kier molecular flexibility index (Phi) is 4.74. The van der Waals surface area contributed by atoms with Crippen LogP contribution < -0.4 is 0 Å². The topological polar surface area (TPSA) is 77.2 Å². The molecule has 1 unspecified atom stereocenters. The third kappa shape index (κ3) is 3.69. The van der Waals surface area contributed by atoms with Crippen LogP contribution in [0.3, 0.4) is 0 Å². The number of carbonyl (C=O) groups excluding carboxylic acids is 1. The van der Waals surface area contributed by atoms with Gasteiger partial charge in [0.25, 0.3) is 0 Å². The maximum atomic E-state index is 13.0. The van der Waals surface area contributed by atoms with Crippen molar-refractivity contribution in [3.05, 3.63) is 11.4 Å². The summed E-state index contributed by atoms with van der Waals surface area (Å²) in [6.45, 7) is 3.97. The summed E-state index contributed by atoms with van der Waals surface area (Å²) in [5.41, 5.74) is -3.60. The number of aliphatic hydroxyl groups is 1. The number of rotatable bonds is 5. The average molecular weight is 295 g/mol. The molecule has 20 heavy (non-hydrogen) atoms. The molecule has 1 aromatic heterocycles. The minimum atomic E-state index is -4.82. The highest BCUT2D eigenvalue weighted by atomic mass is 19.4. The third-order valence-corrected chi connectivity index (χ3v) is 2.72. The van der Waals surface area contributed by atoms with Gasteiger partial charge in [-0.3, -0.25) is 0 Å². The molecule has 1 aromatic rings. The number of alkyl halides is 3. The Labute approximate surface area is 113 Å². The van der Waals surface area contributed by atoms with Gasteiger partial charge in [0.15, 0.2) is 5.69 Å². The molecule has 0 spiro atoms.